The van der Waals surface area contributed by atoms with E-state index in [9.17, 15) is 14.4 Å². The summed E-state index contributed by atoms with van der Waals surface area (Å²) in [5.74, 6) is 1.28. The number of hydrogen-bond acceptors (Lipinski definition) is 10. The molecule has 2 saturated heterocycles. The Balaban J connectivity index is 1.09. The number of hydrogen-bond donors (Lipinski definition) is 2. The van der Waals surface area contributed by atoms with E-state index in [1.165, 1.54) is 22.5 Å². The van der Waals surface area contributed by atoms with Crippen LogP contribution in [0.2, 0.25) is 0 Å². The summed E-state index contributed by atoms with van der Waals surface area (Å²) in [6, 6.07) is 10.9. The molecule has 4 aromatic rings. The van der Waals surface area contributed by atoms with Gasteiger partial charge in [0.25, 0.3) is 5.91 Å². The molecule has 13 heteroatoms. The lowest BCUT2D eigenvalue weighted by Gasteiger charge is -2.33. The number of thiophene rings is 1. The van der Waals surface area contributed by atoms with Crippen LogP contribution in [-0.2, 0) is 29.3 Å². The summed E-state index contributed by atoms with van der Waals surface area (Å²) in [5.41, 5.74) is 4.20. The second kappa shape index (κ2) is 13.9. The number of alkyl halides is 1. The van der Waals surface area contributed by atoms with Crippen molar-refractivity contribution in [2.75, 3.05) is 71.1 Å². The molecule has 5 heterocycles. The predicted octanol–water partition coefficient (Wildman–Crippen LogP) is 4.20. The van der Waals surface area contributed by atoms with E-state index >= 15 is 0 Å². The van der Waals surface area contributed by atoms with Crippen molar-refractivity contribution in [3.05, 3.63) is 46.0 Å². The average Bonchev–Trinajstić information content (AvgIpc) is 3.67. The second-order valence-corrected chi connectivity index (χ2v) is 13.5. The summed E-state index contributed by atoms with van der Waals surface area (Å²) in [7, 11) is 5.29. The lowest BCUT2D eigenvalue weighted by Crippen LogP contribution is -2.50. The van der Waals surface area contributed by atoms with Gasteiger partial charge in [0.1, 0.15) is 35.2 Å². The molecular formula is C33H42FN9O2S. The Morgan fingerprint density at radius 3 is 2.67 bits per heavy atom. The van der Waals surface area contributed by atoms with Crippen LogP contribution in [0.5, 0.6) is 0 Å². The van der Waals surface area contributed by atoms with Gasteiger partial charge in [-0.15, -0.1) is 11.3 Å². The molecule has 3 aromatic heterocycles. The number of piperidine rings is 1. The number of rotatable bonds is 10. The highest BCUT2D eigenvalue weighted by Crippen LogP contribution is 2.32. The van der Waals surface area contributed by atoms with Crippen LogP contribution in [0.3, 0.4) is 0 Å². The Morgan fingerprint density at radius 2 is 1.96 bits per heavy atom. The molecule has 1 amide bonds. The van der Waals surface area contributed by atoms with Gasteiger partial charge in [0.15, 0.2) is 0 Å². The first-order chi connectivity index (χ1) is 22.3. The van der Waals surface area contributed by atoms with Crippen LogP contribution in [0.1, 0.15) is 34.5 Å². The van der Waals surface area contributed by atoms with Crippen molar-refractivity contribution in [3.63, 3.8) is 0 Å². The number of aryl methyl sites for hydroxylation is 1. The van der Waals surface area contributed by atoms with Crippen molar-refractivity contribution in [1.82, 2.24) is 29.2 Å². The van der Waals surface area contributed by atoms with Crippen molar-refractivity contribution >= 4 is 50.1 Å². The molecule has 1 atom stereocenters. The van der Waals surface area contributed by atoms with Gasteiger partial charge >= 0.3 is 0 Å². The Bertz CT molecular complexity index is 1760. The molecule has 1 unspecified atom stereocenters. The van der Waals surface area contributed by atoms with E-state index in [2.05, 4.69) is 60.1 Å². The van der Waals surface area contributed by atoms with Crippen LogP contribution in [0.25, 0.3) is 21.1 Å². The van der Waals surface area contributed by atoms with Gasteiger partial charge in [0.05, 0.1) is 12.0 Å². The maximum absolute atomic E-state index is 13.4. The zero-order valence-electron chi connectivity index (χ0n) is 27.0. The van der Waals surface area contributed by atoms with Crippen LogP contribution < -0.4 is 10.6 Å². The minimum atomic E-state index is -0.503. The fourth-order valence-corrected chi connectivity index (χ4v) is 7.42. The Kier molecular flexibility index (Phi) is 9.70. The van der Waals surface area contributed by atoms with E-state index in [1.54, 1.807) is 26.0 Å². The normalized spacial score (nSPS) is 18.2. The minimum Gasteiger partial charge on any atom is -0.367 e. The molecule has 1 aromatic carbocycles. The van der Waals surface area contributed by atoms with Crippen LogP contribution in [0, 0.1) is 18.3 Å². The fraction of sp³-hybridized carbons (Fsp3) is 0.515. The number of benzene rings is 1. The highest BCUT2D eigenvalue weighted by Gasteiger charge is 2.28. The summed E-state index contributed by atoms with van der Waals surface area (Å²) in [4.78, 5) is 29.3. The van der Waals surface area contributed by atoms with Gasteiger partial charge in [0.2, 0.25) is 5.95 Å². The van der Waals surface area contributed by atoms with Gasteiger partial charge in [-0.25, -0.2) is 9.37 Å². The third-order valence-electron chi connectivity index (χ3n) is 9.21. The number of nitriles is 1. The Hall–Kier alpha value is -3.83. The first-order valence-electron chi connectivity index (χ1n) is 15.9. The number of anilines is 2. The topological polar surface area (TPSA) is 115 Å². The number of halogens is 1. The van der Waals surface area contributed by atoms with E-state index in [0.29, 0.717) is 36.2 Å². The minimum absolute atomic E-state index is 0.0145. The number of morpholine rings is 1. The summed E-state index contributed by atoms with van der Waals surface area (Å²) in [6.07, 6.45) is 1.50. The lowest BCUT2D eigenvalue weighted by molar-refractivity contribution is -0.146. The van der Waals surface area contributed by atoms with Crippen LogP contribution in [-0.4, -0.2) is 108 Å². The smallest absolute Gasteiger partial charge is 0.252 e. The molecular weight excluding hydrogens is 605 g/mol. The number of carbonyl (C=O) groups excluding carboxylic acids is 1. The number of carbonyl (C=O) groups is 1. The molecule has 2 aliphatic rings. The van der Waals surface area contributed by atoms with Crippen LogP contribution >= 0.6 is 11.3 Å². The number of nitrogens with one attached hydrogen (secondary N) is 2. The molecule has 0 radical (unpaired) electrons. The van der Waals surface area contributed by atoms with E-state index in [1.807, 2.05) is 12.1 Å². The number of likely N-dealkylation sites (tertiary alicyclic amines) is 1. The van der Waals surface area contributed by atoms with Crippen molar-refractivity contribution in [3.8, 4) is 6.07 Å². The largest absolute Gasteiger partial charge is 0.367 e. The van der Waals surface area contributed by atoms with Crippen LogP contribution in [0.4, 0.5) is 16.2 Å². The zero-order valence-corrected chi connectivity index (χ0v) is 27.8. The lowest BCUT2D eigenvalue weighted by atomic mass is 10.0. The molecule has 0 bridgehead atoms. The highest BCUT2D eigenvalue weighted by molar-refractivity contribution is 7.18. The Morgan fingerprint density at radius 1 is 1.15 bits per heavy atom. The van der Waals surface area contributed by atoms with E-state index in [-0.39, 0.29) is 11.9 Å². The predicted molar refractivity (Wildman–Crippen MR) is 180 cm³/mol. The summed E-state index contributed by atoms with van der Waals surface area (Å²) in [6.45, 7) is 7.65. The van der Waals surface area contributed by atoms with Gasteiger partial charge in [0, 0.05) is 88.8 Å². The second-order valence-electron chi connectivity index (χ2n) is 12.4. The molecule has 0 spiro atoms. The molecule has 0 aliphatic carbocycles. The molecule has 244 valence electrons. The number of aromatic nitrogens is 3. The molecule has 46 heavy (non-hydrogen) atoms. The summed E-state index contributed by atoms with van der Waals surface area (Å²) >= 11 is 1.37. The number of ether oxygens (including phenoxy) is 1. The van der Waals surface area contributed by atoms with Gasteiger partial charge in [-0.05, 0) is 49.1 Å². The average molecular weight is 648 g/mol. The van der Waals surface area contributed by atoms with Gasteiger partial charge in [-0.3, -0.25) is 14.6 Å². The molecule has 2 fully saturated rings. The number of amides is 1. The number of likely N-dealkylation sites (N-methyl/N-ethyl adjacent to an activating group) is 1. The monoisotopic (exact) mass is 647 g/mol. The molecule has 2 aliphatic heterocycles. The maximum Gasteiger partial charge on any atom is 0.252 e. The van der Waals surface area contributed by atoms with Crippen molar-refractivity contribution in [2.45, 2.75) is 51.7 Å². The van der Waals surface area contributed by atoms with Crippen molar-refractivity contribution in [1.29, 1.82) is 5.26 Å². The number of nitrogens with zero attached hydrogens (tertiary/aromatic N) is 7. The SMILES string of the molecule is CNc1nc(NC2CCN(Cc3ccc4c(cc(C#N)n4CCN4CCOC(C(=O)N(C)C)C4)c3C)CC2)c2cc(CF)sc2n1. The zero-order chi connectivity index (χ0) is 32.4. The van der Waals surface area contributed by atoms with Gasteiger partial charge in [-0.1, -0.05) is 6.07 Å². The van der Waals surface area contributed by atoms with E-state index in [4.69, 9.17) is 4.74 Å². The summed E-state index contributed by atoms with van der Waals surface area (Å²) < 4.78 is 21.2. The molecule has 6 rings (SSSR count). The van der Waals surface area contributed by atoms with Gasteiger partial charge in [-0.2, -0.15) is 10.2 Å². The first-order valence-corrected chi connectivity index (χ1v) is 16.7. The van der Waals surface area contributed by atoms with Crippen molar-refractivity contribution < 1.29 is 13.9 Å². The third-order valence-corrected chi connectivity index (χ3v) is 10.2. The molecule has 0 saturated carbocycles. The Labute approximate surface area is 272 Å². The summed E-state index contributed by atoms with van der Waals surface area (Å²) in [5, 5.41) is 18.6. The van der Waals surface area contributed by atoms with Crippen molar-refractivity contribution in [2.24, 2.45) is 0 Å². The number of fused-ring (bicyclic) bond motifs is 2. The standard InChI is InChI=1S/C33H42FN9O2S/c1-21-22(19-41-9-7-23(8-10-41)37-30-27-16-25(17-34)46-31(27)39-33(36-2)38-30)5-6-28-26(21)15-24(18-35)43(28)12-11-42-13-14-45-29(20-42)32(44)40(3)4/h5-6,15-16,23,29H,7-14,17,19-20H2,1-4H3,(H2,36,37,38,39). The quantitative estimate of drug-likeness (QED) is 0.261. The van der Waals surface area contributed by atoms with E-state index in [0.717, 1.165) is 72.5 Å². The first kappa shape index (κ1) is 32.1. The van der Waals surface area contributed by atoms with E-state index < -0.39 is 12.8 Å². The highest BCUT2D eigenvalue weighted by atomic mass is 32.1. The fourth-order valence-electron chi connectivity index (χ4n) is 6.54. The molecule has 2 N–H and O–H groups in total. The van der Waals surface area contributed by atoms with Crippen LogP contribution in [0.15, 0.2) is 24.3 Å². The maximum atomic E-state index is 13.4. The molecule has 11 nitrogen and oxygen atoms in total. The van der Waals surface area contributed by atoms with Gasteiger partial charge < -0.3 is 24.8 Å². The third kappa shape index (κ3) is 6.66.